The highest BCUT2D eigenvalue weighted by Crippen LogP contribution is 2.24. The van der Waals surface area contributed by atoms with Crippen LogP contribution in [0.4, 0.5) is 22.0 Å². The van der Waals surface area contributed by atoms with Crippen molar-refractivity contribution in [1.82, 2.24) is 5.32 Å². The van der Waals surface area contributed by atoms with Crippen LogP contribution in [0.1, 0.15) is 50.9 Å². The van der Waals surface area contributed by atoms with Crippen molar-refractivity contribution in [1.29, 1.82) is 0 Å². The van der Waals surface area contributed by atoms with Crippen LogP contribution in [0.25, 0.3) is 0 Å². The molecule has 0 aliphatic carbocycles. The average molecular weight is 443 g/mol. The smallest absolute Gasteiger partial charge is 0.377 e. The van der Waals surface area contributed by atoms with E-state index in [9.17, 15) is 26.7 Å². The first-order valence-corrected chi connectivity index (χ1v) is 11.1. The molecular weight excluding hydrogens is 417 g/mol. The van der Waals surface area contributed by atoms with E-state index in [4.69, 9.17) is 13.3 Å². The molecule has 0 aliphatic heterocycles. The second-order valence-corrected chi connectivity index (χ2v) is 9.62. The third kappa shape index (κ3) is 6.73. The van der Waals surface area contributed by atoms with Gasteiger partial charge >= 0.3 is 8.80 Å². The van der Waals surface area contributed by atoms with Gasteiger partial charge < -0.3 is 18.6 Å². The number of amides is 1. The van der Waals surface area contributed by atoms with Gasteiger partial charge in [-0.05, 0) is 40.5 Å². The van der Waals surface area contributed by atoms with Crippen molar-refractivity contribution in [2.45, 2.75) is 58.8 Å². The topological polar surface area (TPSA) is 56.8 Å². The molecule has 1 aromatic carbocycles. The van der Waals surface area contributed by atoms with Gasteiger partial charge in [-0.2, -0.15) is 0 Å². The predicted molar refractivity (Wildman–Crippen MR) is 97.8 cm³/mol. The molecule has 0 fully saturated rings. The number of nitrogens with one attached hydrogen (secondary N) is 1. The van der Waals surface area contributed by atoms with E-state index in [2.05, 4.69) is 5.32 Å². The fraction of sp³-hybridized carbons (Fsp3) is 0.611. The van der Waals surface area contributed by atoms with E-state index < -0.39 is 49.4 Å². The summed E-state index contributed by atoms with van der Waals surface area (Å²) in [6, 6.07) is 0.429. The predicted octanol–water partition coefficient (Wildman–Crippen LogP) is 4.33. The molecule has 0 radical (unpaired) electrons. The van der Waals surface area contributed by atoms with E-state index in [1.165, 1.54) is 7.11 Å². The molecule has 0 spiro atoms. The molecule has 0 atom stereocenters. The lowest BCUT2D eigenvalue weighted by atomic mass is 10.1. The molecular formula is C18H26F5NO4Si. The van der Waals surface area contributed by atoms with E-state index in [1.807, 2.05) is 27.7 Å². The van der Waals surface area contributed by atoms with Crippen LogP contribution in [0.15, 0.2) is 0 Å². The number of carbonyl (C=O) groups excluding carboxylic acids is 1. The minimum Gasteiger partial charge on any atom is -0.377 e. The lowest BCUT2D eigenvalue weighted by Crippen LogP contribution is -2.48. The maximum absolute atomic E-state index is 13.6. The summed E-state index contributed by atoms with van der Waals surface area (Å²) in [6.45, 7) is 7.32. The van der Waals surface area contributed by atoms with Crippen LogP contribution >= 0.6 is 0 Å². The molecule has 0 saturated heterocycles. The van der Waals surface area contributed by atoms with E-state index in [1.54, 1.807) is 0 Å². The minimum atomic E-state index is -2.95. The largest absolute Gasteiger partial charge is 0.501 e. The van der Waals surface area contributed by atoms with Crippen molar-refractivity contribution in [3.8, 4) is 0 Å². The van der Waals surface area contributed by atoms with Gasteiger partial charge in [-0.25, -0.2) is 22.0 Å². The highest BCUT2D eigenvalue weighted by molar-refractivity contribution is 6.60. The Balaban J connectivity index is 2.69. The van der Waals surface area contributed by atoms with Crippen LogP contribution in [0, 0.1) is 29.1 Å². The Bertz CT molecular complexity index is 679. The lowest BCUT2D eigenvalue weighted by molar-refractivity contribution is 0.0323. The van der Waals surface area contributed by atoms with Crippen molar-refractivity contribution in [3.05, 3.63) is 34.6 Å². The monoisotopic (exact) mass is 443 g/mol. The number of benzene rings is 1. The van der Waals surface area contributed by atoms with Crippen LogP contribution in [0.3, 0.4) is 0 Å². The summed E-state index contributed by atoms with van der Waals surface area (Å²) < 4.78 is 84.0. The molecule has 0 unspecified atom stereocenters. The summed E-state index contributed by atoms with van der Waals surface area (Å²) in [5.74, 6) is -12.4. The average Bonchev–Trinajstić information content (AvgIpc) is 2.63. The summed E-state index contributed by atoms with van der Waals surface area (Å²) in [6.07, 6.45) is 0.572. The molecule has 0 aliphatic rings. The maximum Gasteiger partial charge on any atom is 0.501 e. The molecule has 1 amide bonds. The molecule has 11 heteroatoms. The molecule has 1 rings (SSSR count). The third-order valence-electron chi connectivity index (χ3n) is 3.77. The first kappa shape index (κ1) is 25.5. The molecule has 5 nitrogen and oxygen atoms in total. The van der Waals surface area contributed by atoms with E-state index in [0.29, 0.717) is 18.9 Å². The number of hydrogen-bond donors (Lipinski definition) is 1. The second kappa shape index (κ2) is 11.0. The summed E-state index contributed by atoms with van der Waals surface area (Å²) in [5.41, 5.74) is -1.51. The van der Waals surface area contributed by atoms with Gasteiger partial charge in [-0.1, -0.05) is 0 Å². The van der Waals surface area contributed by atoms with Crippen molar-refractivity contribution in [3.63, 3.8) is 0 Å². The first-order valence-electron chi connectivity index (χ1n) is 9.16. The fourth-order valence-corrected chi connectivity index (χ4v) is 5.43. The standard InChI is InChI=1S/C18H26F5NO4Si/c1-10(2)27-29(26-5,28-11(3)4)9-7-6-8-24-18(25)12-13(19)15(21)17(23)16(22)14(12)20/h10-11H,6-9H2,1-5H3,(H,24,25). The molecule has 1 N–H and O–H groups in total. The Labute approximate surface area is 167 Å². The zero-order valence-electron chi connectivity index (χ0n) is 17.0. The normalized spacial score (nSPS) is 12.1. The van der Waals surface area contributed by atoms with Gasteiger partial charge in [0.05, 0.1) is 0 Å². The van der Waals surface area contributed by atoms with E-state index >= 15 is 0 Å². The number of hydrogen-bond acceptors (Lipinski definition) is 4. The van der Waals surface area contributed by atoms with Crippen molar-refractivity contribution in [2.24, 2.45) is 0 Å². The first-order chi connectivity index (χ1) is 13.5. The van der Waals surface area contributed by atoms with Crippen molar-refractivity contribution >= 4 is 14.7 Å². The van der Waals surface area contributed by atoms with Gasteiger partial charge in [0.2, 0.25) is 5.82 Å². The molecule has 0 heterocycles. The van der Waals surface area contributed by atoms with Gasteiger partial charge in [0.25, 0.3) is 5.91 Å². The molecule has 0 aromatic heterocycles. The number of carbonyl (C=O) groups is 1. The quantitative estimate of drug-likeness (QED) is 0.182. The third-order valence-corrected chi connectivity index (χ3v) is 7.02. The van der Waals surface area contributed by atoms with Crippen LogP contribution in [-0.2, 0) is 13.3 Å². The van der Waals surface area contributed by atoms with Crippen molar-refractivity contribution < 1.29 is 40.0 Å². The summed E-state index contributed by atoms with van der Waals surface area (Å²) in [4.78, 5) is 11.9. The van der Waals surface area contributed by atoms with E-state index in [0.717, 1.165) is 0 Å². The minimum absolute atomic E-state index is 0.0458. The van der Waals surface area contributed by atoms with E-state index in [-0.39, 0.29) is 18.8 Å². The maximum atomic E-state index is 13.6. The van der Waals surface area contributed by atoms with Crippen LogP contribution in [0.2, 0.25) is 6.04 Å². The molecule has 0 saturated carbocycles. The van der Waals surface area contributed by atoms with Gasteiger partial charge in [-0.3, -0.25) is 4.79 Å². The zero-order chi connectivity index (χ0) is 22.4. The second-order valence-electron chi connectivity index (χ2n) is 6.88. The van der Waals surface area contributed by atoms with Gasteiger partial charge in [0, 0.05) is 31.9 Å². The molecule has 0 bridgehead atoms. The Morgan fingerprint density at radius 3 is 1.72 bits per heavy atom. The Kier molecular flexibility index (Phi) is 9.66. The summed E-state index contributed by atoms with van der Waals surface area (Å²) in [7, 11) is -1.46. The number of unbranched alkanes of at least 4 members (excludes halogenated alkanes) is 1. The highest BCUT2D eigenvalue weighted by atomic mass is 28.4. The van der Waals surface area contributed by atoms with Crippen LogP contribution < -0.4 is 5.32 Å². The van der Waals surface area contributed by atoms with Crippen LogP contribution in [-0.4, -0.2) is 40.6 Å². The zero-order valence-corrected chi connectivity index (χ0v) is 18.0. The fourth-order valence-electron chi connectivity index (χ4n) is 2.62. The van der Waals surface area contributed by atoms with Crippen LogP contribution in [0.5, 0.6) is 0 Å². The summed E-state index contributed by atoms with van der Waals surface area (Å²) in [5, 5.41) is 2.16. The van der Waals surface area contributed by atoms with Gasteiger partial charge in [-0.15, -0.1) is 0 Å². The Morgan fingerprint density at radius 2 is 1.31 bits per heavy atom. The number of halogens is 5. The molecule has 29 heavy (non-hydrogen) atoms. The van der Waals surface area contributed by atoms with Gasteiger partial charge in [0.15, 0.2) is 23.3 Å². The van der Waals surface area contributed by atoms with Crippen molar-refractivity contribution in [2.75, 3.05) is 13.7 Å². The Hall–Kier alpha value is -1.56. The highest BCUT2D eigenvalue weighted by Gasteiger charge is 2.41. The Morgan fingerprint density at radius 1 is 0.862 bits per heavy atom. The lowest BCUT2D eigenvalue weighted by Gasteiger charge is -2.31. The molecule has 166 valence electrons. The number of rotatable bonds is 11. The SMILES string of the molecule is CO[Si](CCCCNC(=O)c1c(F)c(F)c(F)c(F)c1F)(OC(C)C)OC(C)C. The van der Waals surface area contributed by atoms with Gasteiger partial charge in [0.1, 0.15) is 5.56 Å². The molecule has 1 aromatic rings. The summed E-state index contributed by atoms with van der Waals surface area (Å²) >= 11 is 0.